The molecule has 1 N–H and O–H groups in total. The molecule has 0 saturated carbocycles. The van der Waals surface area contributed by atoms with Crippen LogP contribution in [-0.4, -0.2) is 28.1 Å². The number of rotatable bonds is 4. The predicted octanol–water partition coefficient (Wildman–Crippen LogP) is 5.09. The first-order valence-corrected chi connectivity index (χ1v) is 9.42. The molecule has 0 unspecified atom stereocenters. The van der Waals surface area contributed by atoms with E-state index < -0.39 is 0 Å². The lowest BCUT2D eigenvalue weighted by molar-refractivity contribution is 0.287. The second-order valence-electron chi connectivity index (χ2n) is 7.11. The molecule has 0 fully saturated rings. The van der Waals surface area contributed by atoms with Gasteiger partial charge >= 0.3 is 0 Å². The Morgan fingerprint density at radius 3 is 2.74 bits per heavy atom. The zero-order valence-corrected chi connectivity index (χ0v) is 15.6. The van der Waals surface area contributed by atoms with Crippen molar-refractivity contribution in [3.63, 3.8) is 0 Å². The lowest BCUT2D eigenvalue weighted by Crippen LogP contribution is -2.28. The maximum atomic E-state index is 9.98. The number of benzene rings is 2. The number of phenolic OH excluding ortho intramolecular Hbond substituents is 1. The van der Waals surface area contributed by atoms with Crippen LogP contribution in [0, 0.1) is 6.92 Å². The molecule has 0 aliphatic carbocycles. The molecule has 1 aromatic heterocycles. The topological polar surface area (TPSA) is 36.4 Å². The molecule has 1 aliphatic rings. The van der Waals surface area contributed by atoms with Crippen molar-refractivity contribution in [2.24, 2.45) is 0 Å². The van der Waals surface area contributed by atoms with Gasteiger partial charge in [0.25, 0.3) is 0 Å². The molecule has 0 atom stereocenters. The van der Waals surface area contributed by atoms with Crippen molar-refractivity contribution in [3.05, 3.63) is 89.1 Å². The van der Waals surface area contributed by atoms with E-state index in [-0.39, 0.29) is 5.75 Å². The van der Waals surface area contributed by atoms with Crippen LogP contribution in [0.15, 0.2) is 72.3 Å². The van der Waals surface area contributed by atoms with Crippen LogP contribution >= 0.6 is 0 Å². The minimum Gasteiger partial charge on any atom is -0.506 e. The van der Waals surface area contributed by atoms with Crippen molar-refractivity contribution in [1.82, 2.24) is 9.88 Å². The number of hydrogen-bond acceptors (Lipinski definition) is 3. The fourth-order valence-corrected chi connectivity index (χ4v) is 3.48. The Labute approximate surface area is 160 Å². The number of phenols is 1. The fraction of sp³-hybridized carbons (Fsp3) is 0.208. The number of pyridine rings is 1. The molecule has 4 rings (SSSR count). The lowest BCUT2D eigenvalue weighted by atomic mass is 10.0. The molecule has 0 radical (unpaired) electrons. The normalized spacial score (nSPS) is 15.4. The summed E-state index contributed by atoms with van der Waals surface area (Å²) in [7, 11) is 0. The van der Waals surface area contributed by atoms with Gasteiger partial charge in [0.2, 0.25) is 0 Å². The standard InChI is InChI=1S/C24H24N2O/c1-18-5-2-3-6-21(18)17-26-15-13-19(14-16-26)9-11-22-12-10-20-7-4-8-23(27)24(20)25-22/h2-13,27H,14-17H2,1H3. The molecule has 27 heavy (non-hydrogen) atoms. The van der Waals surface area contributed by atoms with Gasteiger partial charge in [0.1, 0.15) is 11.3 Å². The number of nitrogens with zero attached hydrogens (tertiary/aromatic N) is 2. The van der Waals surface area contributed by atoms with Crippen molar-refractivity contribution >= 4 is 17.0 Å². The van der Waals surface area contributed by atoms with E-state index in [1.807, 2.05) is 30.3 Å². The van der Waals surface area contributed by atoms with E-state index in [1.54, 1.807) is 6.07 Å². The molecule has 3 nitrogen and oxygen atoms in total. The Kier molecular flexibility index (Phi) is 5.03. The molecule has 2 heterocycles. The number of allylic oxidation sites excluding steroid dienone is 1. The maximum Gasteiger partial charge on any atom is 0.141 e. The summed E-state index contributed by atoms with van der Waals surface area (Å²) in [6, 6.07) is 18.1. The Balaban J connectivity index is 1.42. The highest BCUT2D eigenvalue weighted by molar-refractivity contribution is 5.85. The highest BCUT2D eigenvalue weighted by atomic mass is 16.3. The Hall–Kier alpha value is -2.91. The number of aromatic nitrogens is 1. The summed E-state index contributed by atoms with van der Waals surface area (Å²) >= 11 is 0. The average molecular weight is 356 g/mol. The van der Waals surface area contributed by atoms with Gasteiger partial charge in [0.05, 0.1) is 5.69 Å². The summed E-state index contributed by atoms with van der Waals surface area (Å²) in [5.41, 5.74) is 5.63. The van der Waals surface area contributed by atoms with Gasteiger partial charge in [-0.15, -0.1) is 0 Å². The highest BCUT2D eigenvalue weighted by Gasteiger charge is 2.11. The average Bonchev–Trinajstić information content (AvgIpc) is 2.70. The number of hydrogen-bond donors (Lipinski definition) is 1. The highest BCUT2D eigenvalue weighted by Crippen LogP contribution is 2.23. The molecule has 0 amide bonds. The van der Waals surface area contributed by atoms with Crippen LogP contribution in [-0.2, 0) is 6.54 Å². The van der Waals surface area contributed by atoms with E-state index in [4.69, 9.17) is 0 Å². The minimum absolute atomic E-state index is 0.228. The first-order chi connectivity index (χ1) is 13.2. The van der Waals surface area contributed by atoms with E-state index in [0.29, 0.717) is 5.52 Å². The van der Waals surface area contributed by atoms with Gasteiger partial charge in [-0.3, -0.25) is 4.90 Å². The smallest absolute Gasteiger partial charge is 0.141 e. The van der Waals surface area contributed by atoms with Gasteiger partial charge < -0.3 is 5.11 Å². The number of aryl methyl sites for hydroxylation is 1. The van der Waals surface area contributed by atoms with E-state index in [1.165, 1.54) is 16.7 Å². The quantitative estimate of drug-likeness (QED) is 0.707. The molecule has 0 bridgehead atoms. The molecule has 3 heteroatoms. The van der Waals surface area contributed by atoms with Gasteiger partial charge in [-0.05, 0) is 48.3 Å². The third-order valence-electron chi connectivity index (χ3n) is 5.17. The molecular weight excluding hydrogens is 332 g/mol. The second kappa shape index (κ2) is 7.77. The van der Waals surface area contributed by atoms with Crippen LogP contribution in [0.1, 0.15) is 23.2 Å². The summed E-state index contributed by atoms with van der Waals surface area (Å²) in [5.74, 6) is 0.228. The molecule has 0 saturated heterocycles. The third-order valence-corrected chi connectivity index (χ3v) is 5.17. The van der Waals surface area contributed by atoms with E-state index in [9.17, 15) is 5.11 Å². The molecule has 3 aromatic rings. The number of para-hydroxylation sites is 1. The van der Waals surface area contributed by atoms with Gasteiger partial charge in [-0.1, -0.05) is 54.6 Å². The Bertz CT molecular complexity index is 1020. The maximum absolute atomic E-state index is 9.98. The predicted molar refractivity (Wildman–Crippen MR) is 112 cm³/mol. The zero-order chi connectivity index (χ0) is 18.6. The van der Waals surface area contributed by atoms with Crippen LogP contribution in [0.5, 0.6) is 5.75 Å². The molecule has 2 aromatic carbocycles. The third kappa shape index (κ3) is 4.09. The van der Waals surface area contributed by atoms with Crippen LogP contribution in [0.25, 0.3) is 17.0 Å². The molecule has 1 aliphatic heterocycles. The Morgan fingerprint density at radius 1 is 1.04 bits per heavy atom. The number of aromatic hydroxyl groups is 1. The monoisotopic (exact) mass is 356 g/mol. The van der Waals surface area contributed by atoms with Crippen molar-refractivity contribution in [3.8, 4) is 5.75 Å². The Morgan fingerprint density at radius 2 is 1.93 bits per heavy atom. The molecule has 0 spiro atoms. The number of fused-ring (bicyclic) bond motifs is 1. The molecular formula is C24H24N2O. The largest absolute Gasteiger partial charge is 0.506 e. The van der Waals surface area contributed by atoms with Crippen molar-refractivity contribution < 1.29 is 5.11 Å². The summed E-state index contributed by atoms with van der Waals surface area (Å²) in [6.07, 6.45) is 7.53. The zero-order valence-electron chi connectivity index (χ0n) is 15.6. The van der Waals surface area contributed by atoms with Crippen molar-refractivity contribution in [1.29, 1.82) is 0 Å². The molecule has 136 valence electrons. The van der Waals surface area contributed by atoms with E-state index in [2.05, 4.69) is 53.2 Å². The van der Waals surface area contributed by atoms with Gasteiger partial charge in [-0.25, -0.2) is 4.98 Å². The first kappa shape index (κ1) is 17.5. The van der Waals surface area contributed by atoms with Gasteiger partial charge in [0.15, 0.2) is 0 Å². The van der Waals surface area contributed by atoms with Crippen LogP contribution in [0.2, 0.25) is 0 Å². The summed E-state index contributed by atoms with van der Waals surface area (Å²) < 4.78 is 0. The second-order valence-corrected chi connectivity index (χ2v) is 7.11. The lowest BCUT2D eigenvalue weighted by Gasteiger charge is -2.26. The first-order valence-electron chi connectivity index (χ1n) is 9.42. The SMILES string of the molecule is Cc1ccccc1CN1CC=C(C=Cc2ccc3cccc(O)c3n2)CC1. The van der Waals surface area contributed by atoms with E-state index >= 15 is 0 Å². The van der Waals surface area contributed by atoms with Crippen molar-refractivity contribution in [2.45, 2.75) is 19.9 Å². The summed E-state index contributed by atoms with van der Waals surface area (Å²) in [4.78, 5) is 7.04. The van der Waals surface area contributed by atoms with E-state index in [0.717, 1.165) is 37.1 Å². The van der Waals surface area contributed by atoms with Gasteiger partial charge in [0, 0.05) is 25.0 Å². The fourth-order valence-electron chi connectivity index (χ4n) is 3.48. The van der Waals surface area contributed by atoms with Crippen LogP contribution in [0.4, 0.5) is 0 Å². The minimum atomic E-state index is 0.228. The van der Waals surface area contributed by atoms with Crippen molar-refractivity contribution in [2.75, 3.05) is 13.1 Å². The summed E-state index contributed by atoms with van der Waals surface area (Å²) in [5, 5.41) is 10.9. The van der Waals surface area contributed by atoms with Crippen LogP contribution in [0.3, 0.4) is 0 Å². The van der Waals surface area contributed by atoms with Crippen LogP contribution < -0.4 is 0 Å². The summed E-state index contributed by atoms with van der Waals surface area (Å²) in [6.45, 7) is 5.22. The van der Waals surface area contributed by atoms with Gasteiger partial charge in [-0.2, -0.15) is 0 Å².